The second-order valence-electron chi connectivity index (χ2n) is 8.50. The number of aromatic nitrogens is 2. The zero-order valence-electron chi connectivity index (χ0n) is 19.2. The van der Waals surface area contributed by atoms with Crippen molar-refractivity contribution in [1.29, 1.82) is 0 Å². The fourth-order valence-electron chi connectivity index (χ4n) is 4.36. The zero-order valence-corrected chi connectivity index (χ0v) is 21.6. The molecular weight excluding hydrogens is 502 g/mol. The number of sulfone groups is 1. The van der Waals surface area contributed by atoms with E-state index in [4.69, 9.17) is 22.1 Å². The number of hydrogen-bond acceptors (Lipinski definition) is 7. The van der Waals surface area contributed by atoms with Crippen LogP contribution in [0.1, 0.15) is 17.5 Å². The molecule has 0 unspecified atom stereocenters. The minimum absolute atomic E-state index is 0.0467. The second-order valence-corrected chi connectivity index (χ2v) is 12.4. The fourth-order valence-corrected chi connectivity index (χ4v) is 7.45. The smallest absolute Gasteiger partial charge is 0.266 e. The van der Waals surface area contributed by atoms with Gasteiger partial charge in [0, 0.05) is 17.3 Å². The summed E-state index contributed by atoms with van der Waals surface area (Å²) in [6, 6.07) is 15.1. The van der Waals surface area contributed by atoms with Crippen LogP contribution in [0.4, 0.5) is 0 Å². The fraction of sp³-hybridized carbons (Fsp3) is 0.240. The Labute approximate surface area is 213 Å². The largest absolute Gasteiger partial charge is 0.497 e. The Morgan fingerprint density at radius 1 is 1.20 bits per heavy atom. The highest BCUT2D eigenvalue weighted by Gasteiger charge is 2.42. The van der Waals surface area contributed by atoms with Gasteiger partial charge in [-0.2, -0.15) is 5.10 Å². The number of amides is 1. The summed E-state index contributed by atoms with van der Waals surface area (Å²) >= 11 is 6.68. The molecule has 0 aliphatic carbocycles. The molecule has 10 heteroatoms. The third kappa shape index (κ3) is 4.65. The van der Waals surface area contributed by atoms with Gasteiger partial charge in [0.15, 0.2) is 9.84 Å². The lowest BCUT2D eigenvalue weighted by atomic mass is 10.0. The molecule has 0 N–H and O–H groups in total. The number of benzene rings is 2. The molecule has 0 bridgehead atoms. The van der Waals surface area contributed by atoms with E-state index in [0.29, 0.717) is 15.6 Å². The van der Waals surface area contributed by atoms with Crippen LogP contribution in [-0.4, -0.2) is 58.0 Å². The molecule has 2 aliphatic heterocycles. The lowest BCUT2D eigenvalue weighted by molar-refractivity contribution is -0.123. The van der Waals surface area contributed by atoms with Gasteiger partial charge in [-0.05, 0) is 55.3 Å². The Balaban J connectivity index is 1.57. The number of nitrogens with zero attached hydrogens (tertiary/aromatic N) is 3. The Kier molecular flexibility index (Phi) is 6.29. The summed E-state index contributed by atoms with van der Waals surface area (Å²) in [5, 5.41) is 4.85. The van der Waals surface area contributed by atoms with Gasteiger partial charge in [-0.25, -0.2) is 13.1 Å². The lowest BCUT2D eigenvalue weighted by Crippen LogP contribution is -2.39. The standard InChI is InChI=1S/C25H23N3O4S3/c1-16-12-20(32-2)8-9-21(16)23-17(14-27(26-23)18-6-4-3-5-7-18)13-22-24(29)28(25(33)34-22)19-10-11-35(30,31)15-19/h3-9,12-14,19H,10-11,15H2,1-2H3/b22-13-/t19-/m1/s1. The van der Waals surface area contributed by atoms with Crippen molar-refractivity contribution in [3.63, 3.8) is 0 Å². The van der Waals surface area contributed by atoms with Gasteiger partial charge in [0.05, 0.1) is 35.2 Å². The summed E-state index contributed by atoms with van der Waals surface area (Å²) in [6.45, 7) is 1.99. The topological polar surface area (TPSA) is 81.5 Å². The molecule has 0 saturated carbocycles. The zero-order chi connectivity index (χ0) is 24.7. The number of carbonyl (C=O) groups excluding carboxylic acids is 1. The van der Waals surface area contributed by atoms with E-state index in [1.807, 2.05) is 61.7 Å². The van der Waals surface area contributed by atoms with Crippen LogP contribution in [0.15, 0.2) is 59.6 Å². The van der Waals surface area contributed by atoms with E-state index in [1.54, 1.807) is 17.9 Å². The molecule has 2 saturated heterocycles. The first kappa shape index (κ1) is 23.8. The number of aryl methyl sites for hydroxylation is 1. The summed E-state index contributed by atoms with van der Waals surface area (Å²) in [4.78, 5) is 15.2. The van der Waals surface area contributed by atoms with Crippen LogP contribution in [0.2, 0.25) is 0 Å². The Morgan fingerprint density at radius 3 is 2.63 bits per heavy atom. The highest BCUT2D eigenvalue weighted by molar-refractivity contribution is 8.26. The Hall–Kier alpha value is -2.95. The van der Waals surface area contributed by atoms with Crippen LogP contribution in [-0.2, 0) is 14.6 Å². The van der Waals surface area contributed by atoms with E-state index in [2.05, 4.69) is 0 Å². The van der Waals surface area contributed by atoms with Crippen LogP contribution in [0.5, 0.6) is 5.75 Å². The second kappa shape index (κ2) is 9.25. The van der Waals surface area contributed by atoms with Crippen molar-refractivity contribution in [3.8, 4) is 22.7 Å². The Bertz CT molecular complexity index is 1460. The number of carbonyl (C=O) groups is 1. The molecule has 180 valence electrons. The molecule has 5 rings (SSSR count). The van der Waals surface area contributed by atoms with Gasteiger partial charge in [-0.1, -0.05) is 42.2 Å². The predicted octanol–water partition coefficient (Wildman–Crippen LogP) is 4.24. The molecular formula is C25H23N3O4S3. The number of hydrogen-bond donors (Lipinski definition) is 0. The van der Waals surface area contributed by atoms with Gasteiger partial charge in [0.1, 0.15) is 15.8 Å². The van der Waals surface area contributed by atoms with E-state index in [-0.39, 0.29) is 17.4 Å². The quantitative estimate of drug-likeness (QED) is 0.364. The molecule has 2 fully saturated rings. The number of rotatable bonds is 5. The average Bonchev–Trinajstić information content (AvgIpc) is 3.49. The van der Waals surface area contributed by atoms with Crippen molar-refractivity contribution in [2.75, 3.05) is 18.6 Å². The monoisotopic (exact) mass is 525 g/mol. The molecule has 2 aromatic carbocycles. The van der Waals surface area contributed by atoms with E-state index in [1.165, 1.54) is 16.7 Å². The maximum Gasteiger partial charge on any atom is 0.266 e. The minimum Gasteiger partial charge on any atom is -0.497 e. The van der Waals surface area contributed by atoms with Gasteiger partial charge in [0.25, 0.3) is 5.91 Å². The summed E-state index contributed by atoms with van der Waals surface area (Å²) < 4.78 is 31.5. The highest BCUT2D eigenvalue weighted by Crippen LogP contribution is 2.38. The van der Waals surface area contributed by atoms with Gasteiger partial charge >= 0.3 is 0 Å². The third-order valence-electron chi connectivity index (χ3n) is 6.14. The van der Waals surface area contributed by atoms with Crippen LogP contribution >= 0.6 is 24.0 Å². The highest BCUT2D eigenvalue weighted by atomic mass is 32.2. The van der Waals surface area contributed by atoms with Gasteiger partial charge in [-0.3, -0.25) is 9.69 Å². The molecule has 3 aromatic rings. The van der Waals surface area contributed by atoms with Crippen molar-refractivity contribution < 1.29 is 17.9 Å². The first-order valence-electron chi connectivity index (χ1n) is 11.0. The maximum atomic E-state index is 13.3. The molecule has 1 amide bonds. The molecule has 35 heavy (non-hydrogen) atoms. The van der Waals surface area contributed by atoms with Crippen LogP contribution in [0, 0.1) is 6.92 Å². The van der Waals surface area contributed by atoms with Crippen molar-refractivity contribution in [2.45, 2.75) is 19.4 Å². The maximum absolute atomic E-state index is 13.3. The molecule has 7 nitrogen and oxygen atoms in total. The summed E-state index contributed by atoms with van der Waals surface area (Å²) in [7, 11) is -1.52. The summed E-state index contributed by atoms with van der Waals surface area (Å²) in [5.41, 5.74) is 4.29. The minimum atomic E-state index is -3.14. The van der Waals surface area contributed by atoms with E-state index in [9.17, 15) is 13.2 Å². The molecule has 3 heterocycles. The summed E-state index contributed by atoms with van der Waals surface area (Å²) in [6.07, 6.45) is 4.10. The normalized spacial score (nSPS) is 20.7. The van der Waals surface area contributed by atoms with Crippen molar-refractivity contribution >= 4 is 50.1 Å². The first-order valence-corrected chi connectivity index (χ1v) is 14.1. The average molecular weight is 526 g/mol. The van der Waals surface area contributed by atoms with Crippen LogP contribution in [0.3, 0.4) is 0 Å². The number of ether oxygens (including phenoxy) is 1. The SMILES string of the molecule is COc1ccc(-c2nn(-c3ccccc3)cc2/C=C2\SC(=S)N([C@@H]3CCS(=O)(=O)C3)C2=O)c(C)c1. The predicted molar refractivity (Wildman–Crippen MR) is 142 cm³/mol. The van der Waals surface area contributed by atoms with Gasteiger partial charge in [-0.15, -0.1) is 0 Å². The van der Waals surface area contributed by atoms with E-state index in [0.717, 1.165) is 33.8 Å². The lowest BCUT2D eigenvalue weighted by Gasteiger charge is -2.20. The molecule has 1 atom stereocenters. The van der Waals surface area contributed by atoms with Crippen molar-refractivity contribution in [3.05, 3.63) is 70.8 Å². The number of thiocarbonyl (C=S) groups is 1. The van der Waals surface area contributed by atoms with Crippen molar-refractivity contribution in [2.24, 2.45) is 0 Å². The van der Waals surface area contributed by atoms with Crippen LogP contribution in [0.25, 0.3) is 23.0 Å². The van der Waals surface area contributed by atoms with Crippen LogP contribution < -0.4 is 4.74 Å². The Morgan fingerprint density at radius 2 is 1.97 bits per heavy atom. The first-order chi connectivity index (χ1) is 16.8. The molecule has 2 aliphatic rings. The molecule has 0 spiro atoms. The summed E-state index contributed by atoms with van der Waals surface area (Å²) in [5.74, 6) is 0.530. The van der Waals surface area contributed by atoms with E-state index < -0.39 is 15.9 Å². The number of methoxy groups -OCH3 is 1. The third-order valence-corrected chi connectivity index (χ3v) is 9.22. The van der Waals surface area contributed by atoms with E-state index >= 15 is 0 Å². The molecule has 0 radical (unpaired) electrons. The van der Waals surface area contributed by atoms with Gasteiger partial charge in [0.2, 0.25) is 0 Å². The molecule has 1 aromatic heterocycles. The number of thioether (sulfide) groups is 1. The van der Waals surface area contributed by atoms with Gasteiger partial charge < -0.3 is 4.74 Å². The van der Waals surface area contributed by atoms with Crippen molar-refractivity contribution in [1.82, 2.24) is 14.7 Å². The number of para-hydroxylation sites is 1.